The Morgan fingerprint density at radius 2 is 2.07 bits per heavy atom. The molecule has 0 N–H and O–H groups in total. The first kappa shape index (κ1) is 18.5. The lowest BCUT2D eigenvalue weighted by molar-refractivity contribution is 0.0888. The van der Waals surface area contributed by atoms with Gasteiger partial charge in [-0.05, 0) is 61.1 Å². The summed E-state index contributed by atoms with van der Waals surface area (Å²) < 4.78 is 8.04. The van der Waals surface area contributed by atoms with Gasteiger partial charge in [0.15, 0.2) is 0 Å². The van der Waals surface area contributed by atoms with Crippen LogP contribution in [0.5, 0.6) is 5.75 Å². The lowest BCUT2D eigenvalue weighted by Gasteiger charge is -2.51. The van der Waals surface area contributed by atoms with E-state index in [2.05, 4.69) is 71.6 Å². The smallest absolute Gasteiger partial charge is 0.119 e. The number of aromatic nitrogens is 1. The zero-order chi connectivity index (χ0) is 20.0. The van der Waals surface area contributed by atoms with Crippen LogP contribution < -0.4 is 4.74 Å². The number of aryl methyl sites for hydroxylation is 1. The molecule has 2 aliphatic rings. The van der Waals surface area contributed by atoms with Crippen molar-refractivity contribution in [2.45, 2.75) is 24.7 Å². The zero-order valence-electron chi connectivity index (χ0n) is 17.5. The van der Waals surface area contributed by atoms with Crippen molar-refractivity contribution in [2.75, 3.05) is 26.7 Å². The first-order valence-electron chi connectivity index (χ1n) is 10.7. The average molecular weight is 387 g/mol. The number of nitrogens with zero attached hydrogens (tertiary/aromatic N) is 2. The number of hydrogen-bond acceptors (Lipinski definition) is 2. The second-order valence-electron chi connectivity index (χ2n) is 8.77. The minimum Gasteiger partial charge on any atom is -0.497 e. The average Bonchev–Trinajstić information content (AvgIpc) is 3.04. The van der Waals surface area contributed by atoms with Gasteiger partial charge in [-0.1, -0.05) is 36.4 Å². The first-order chi connectivity index (χ1) is 14.2. The molecule has 1 saturated heterocycles. The van der Waals surface area contributed by atoms with Gasteiger partial charge in [0.2, 0.25) is 0 Å². The van der Waals surface area contributed by atoms with Crippen LogP contribution in [-0.4, -0.2) is 36.2 Å². The van der Waals surface area contributed by atoms with Crippen molar-refractivity contribution in [1.82, 2.24) is 9.47 Å². The number of ether oxygens (including phenoxy) is 1. The maximum absolute atomic E-state index is 5.59. The van der Waals surface area contributed by atoms with E-state index in [9.17, 15) is 0 Å². The van der Waals surface area contributed by atoms with E-state index in [0.717, 1.165) is 38.2 Å². The van der Waals surface area contributed by atoms with Crippen molar-refractivity contribution in [2.24, 2.45) is 13.0 Å². The molecular weight excluding hydrogens is 356 g/mol. The highest BCUT2D eigenvalue weighted by molar-refractivity contribution is 5.86. The molecule has 0 radical (unpaired) electrons. The summed E-state index contributed by atoms with van der Waals surface area (Å²) in [5, 5.41) is 1.44. The van der Waals surface area contributed by atoms with Crippen molar-refractivity contribution >= 4 is 10.9 Å². The molecule has 150 valence electrons. The van der Waals surface area contributed by atoms with Crippen LogP contribution in [0.2, 0.25) is 0 Å². The fourth-order valence-electron chi connectivity index (χ4n) is 5.92. The molecule has 1 fully saturated rings. The lowest BCUT2D eigenvalue weighted by Crippen LogP contribution is -2.53. The molecule has 0 spiro atoms. The van der Waals surface area contributed by atoms with Gasteiger partial charge in [-0.3, -0.25) is 4.90 Å². The Morgan fingerprint density at radius 1 is 1.21 bits per heavy atom. The van der Waals surface area contributed by atoms with Crippen molar-refractivity contribution < 1.29 is 4.74 Å². The number of likely N-dealkylation sites (tertiary alicyclic amines) is 1. The number of fused-ring (bicyclic) bond motifs is 4. The normalized spacial score (nSPS) is 24.1. The third kappa shape index (κ3) is 2.83. The molecular formula is C26H30N2O. The standard InChI is InChI=1S/C26H30N2O/c1-4-13-28-14-12-26(19-8-7-9-21(15-19)29-3)17-25-23(16-20(26)18-28)22-10-5-6-11-24(22)27(25)2/h4-11,15,20H,1,12-14,16-18H2,2-3H3. The van der Waals surface area contributed by atoms with Crippen molar-refractivity contribution in [1.29, 1.82) is 0 Å². The molecule has 29 heavy (non-hydrogen) atoms. The summed E-state index contributed by atoms with van der Waals surface area (Å²) in [7, 11) is 4.01. The Labute approximate surface area is 173 Å². The number of rotatable bonds is 4. The number of methoxy groups -OCH3 is 1. The molecule has 2 aromatic carbocycles. The summed E-state index contributed by atoms with van der Waals surface area (Å²) in [5.74, 6) is 1.56. The van der Waals surface area contributed by atoms with E-state index < -0.39 is 0 Å². The summed E-state index contributed by atoms with van der Waals surface area (Å²) >= 11 is 0. The van der Waals surface area contributed by atoms with Crippen molar-refractivity contribution in [3.05, 3.63) is 78.0 Å². The summed E-state index contributed by atoms with van der Waals surface area (Å²) in [4.78, 5) is 2.58. The van der Waals surface area contributed by atoms with Gasteiger partial charge in [-0.25, -0.2) is 0 Å². The summed E-state index contributed by atoms with van der Waals surface area (Å²) in [6.07, 6.45) is 5.47. The van der Waals surface area contributed by atoms with Crippen LogP contribution in [0.4, 0.5) is 0 Å². The van der Waals surface area contributed by atoms with Crippen molar-refractivity contribution in [3.63, 3.8) is 0 Å². The number of benzene rings is 2. The fraction of sp³-hybridized carbons (Fsp3) is 0.385. The van der Waals surface area contributed by atoms with Crippen LogP contribution in [0.25, 0.3) is 10.9 Å². The van der Waals surface area contributed by atoms with Crippen LogP contribution in [0.1, 0.15) is 23.2 Å². The van der Waals surface area contributed by atoms with Crippen LogP contribution >= 0.6 is 0 Å². The van der Waals surface area contributed by atoms with Gasteiger partial charge in [0.1, 0.15) is 5.75 Å². The molecule has 1 aliphatic heterocycles. The third-order valence-corrected chi connectivity index (χ3v) is 7.44. The zero-order valence-corrected chi connectivity index (χ0v) is 17.5. The highest BCUT2D eigenvalue weighted by Crippen LogP contribution is 2.50. The molecule has 2 heterocycles. The molecule has 5 rings (SSSR count). The van der Waals surface area contributed by atoms with Gasteiger partial charge in [-0.15, -0.1) is 6.58 Å². The number of piperidine rings is 1. The van der Waals surface area contributed by atoms with E-state index >= 15 is 0 Å². The Balaban J connectivity index is 1.66. The van der Waals surface area contributed by atoms with Gasteiger partial charge < -0.3 is 9.30 Å². The predicted octanol–water partition coefficient (Wildman–Crippen LogP) is 4.73. The molecule has 0 amide bonds. The Hall–Kier alpha value is -2.52. The Bertz CT molecular complexity index is 1070. The predicted molar refractivity (Wildman–Crippen MR) is 120 cm³/mol. The largest absolute Gasteiger partial charge is 0.497 e. The van der Waals surface area contributed by atoms with Crippen molar-refractivity contribution in [3.8, 4) is 5.75 Å². The van der Waals surface area contributed by atoms with E-state index in [4.69, 9.17) is 4.74 Å². The SMILES string of the molecule is C=CCN1CCC2(c3cccc(OC)c3)Cc3c(c4ccccc4n3C)CC2C1. The van der Waals surface area contributed by atoms with E-state index in [-0.39, 0.29) is 5.41 Å². The van der Waals surface area contributed by atoms with Gasteiger partial charge in [-0.2, -0.15) is 0 Å². The maximum atomic E-state index is 5.59. The molecule has 2 unspecified atom stereocenters. The molecule has 3 heteroatoms. The van der Waals surface area contributed by atoms with Crippen LogP contribution in [-0.2, 0) is 25.3 Å². The number of hydrogen-bond donors (Lipinski definition) is 0. The molecule has 1 aliphatic carbocycles. The summed E-state index contributed by atoms with van der Waals surface area (Å²) in [6, 6.07) is 17.7. The third-order valence-electron chi connectivity index (χ3n) is 7.44. The maximum Gasteiger partial charge on any atom is 0.119 e. The van der Waals surface area contributed by atoms with E-state index in [0.29, 0.717) is 5.92 Å². The Morgan fingerprint density at radius 3 is 2.90 bits per heavy atom. The minimum absolute atomic E-state index is 0.168. The second-order valence-corrected chi connectivity index (χ2v) is 8.77. The minimum atomic E-state index is 0.168. The first-order valence-corrected chi connectivity index (χ1v) is 10.7. The topological polar surface area (TPSA) is 17.4 Å². The quantitative estimate of drug-likeness (QED) is 0.603. The molecule has 0 bridgehead atoms. The Kier molecular flexibility index (Phi) is 4.51. The van der Waals surface area contributed by atoms with Gasteiger partial charge in [0, 0.05) is 42.1 Å². The van der Waals surface area contributed by atoms with E-state index in [1.165, 1.54) is 28.6 Å². The molecule has 0 saturated carbocycles. The van der Waals surface area contributed by atoms with Crippen LogP contribution in [0.15, 0.2) is 61.2 Å². The van der Waals surface area contributed by atoms with Crippen LogP contribution in [0.3, 0.4) is 0 Å². The molecule has 1 aromatic heterocycles. The second kappa shape index (κ2) is 7.07. The lowest BCUT2D eigenvalue weighted by atomic mass is 9.58. The highest BCUT2D eigenvalue weighted by Gasteiger charge is 2.48. The monoisotopic (exact) mass is 386 g/mol. The van der Waals surface area contributed by atoms with Gasteiger partial charge in [0.25, 0.3) is 0 Å². The molecule has 3 nitrogen and oxygen atoms in total. The van der Waals surface area contributed by atoms with Gasteiger partial charge >= 0.3 is 0 Å². The summed E-state index contributed by atoms with van der Waals surface area (Å²) in [5.41, 5.74) is 6.05. The van der Waals surface area contributed by atoms with E-state index in [1.807, 2.05) is 6.08 Å². The van der Waals surface area contributed by atoms with Crippen LogP contribution in [0, 0.1) is 5.92 Å². The fourth-order valence-corrected chi connectivity index (χ4v) is 5.92. The van der Waals surface area contributed by atoms with Gasteiger partial charge in [0.05, 0.1) is 7.11 Å². The highest BCUT2D eigenvalue weighted by atomic mass is 16.5. The molecule has 3 aromatic rings. The van der Waals surface area contributed by atoms with E-state index in [1.54, 1.807) is 12.7 Å². The summed E-state index contributed by atoms with van der Waals surface area (Å²) in [6.45, 7) is 7.21. The molecule has 2 atom stereocenters. The number of para-hydroxylation sites is 1.